The standard InChI is InChI=1S/C8H5F5N2O2/c1-3-2-4(7(9)10)14-6(8(11,12)13)5(3)15(16)17/h2,7H,1H3. The molecule has 0 atom stereocenters. The Morgan fingerprint density at radius 1 is 1.41 bits per heavy atom. The van der Waals surface area contributed by atoms with Gasteiger partial charge in [0.25, 0.3) is 6.43 Å². The molecule has 0 spiro atoms. The van der Waals surface area contributed by atoms with Crippen LogP contribution in [0.5, 0.6) is 0 Å². The number of halogens is 5. The summed E-state index contributed by atoms with van der Waals surface area (Å²) in [5.74, 6) is 0. The average Bonchev–Trinajstić information content (AvgIpc) is 2.14. The van der Waals surface area contributed by atoms with Gasteiger partial charge in [0.2, 0.25) is 5.69 Å². The molecule has 0 bridgehead atoms. The van der Waals surface area contributed by atoms with Crippen LogP contribution in [-0.4, -0.2) is 9.91 Å². The van der Waals surface area contributed by atoms with Crippen molar-refractivity contribution in [2.45, 2.75) is 19.5 Å². The van der Waals surface area contributed by atoms with Crippen molar-refractivity contribution >= 4 is 5.69 Å². The lowest BCUT2D eigenvalue weighted by atomic mass is 10.1. The maximum atomic E-state index is 12.4. The second-order valence-electron chi connectivity index (χ2n) is 3.12. The van der Waals surface area contributed by atoms with Crippen molar-refractivity contribution in [1.82, 2.24) is 4.98 Å². The van der Waals surface area contributed by atoms with Crippen molar-refractivity contribution in [3.63, 3.8) is 0 Å². The van der Waals surface area contributed by atoms with Gasteiger partial charge < -0.3 is 0 Å². The zero-order valence-electron chi connectivity index (χ0n) is 8.26. The highest BCUT2D eigenvalue weighted by Gasteiger charge is 2.42. The smallest absolute Gasteiger partial charge is 0.258 e. The number of pyridine rings is 1. The third kappa shape index (κ3) is 2.66. The van der Waals surface area contributed by atoms with Crippen LogP contribution in [0.15, 0.2) is 6.07 Å². The Morgan fingerprint density at radius 3 is 2.29 bits per heavy atom. The molecule has 0 unspecified atom stereocenters. The predicted octanol–water partition coefficient (Wildman–Crippen LogP) is 3.25. The normalized spacial score (nSPS) is 11.9. The fourth-order valence-corrected chi connectivity index (χ4v) is 1.23. The third-order valence-corrected chi connectivity index (χ3v) is 1.88. The van der Waals surface area contributed by atoms with Crippen molar-refractivity contribution in [2.24, 2.45) is 0 Å². The molecule has 1 aromatic rings. The highest BCUT2D eigenvalue weighted by Crippen LogP contribution is 2.37. The Hall–Kier alpha value is -1.80. The first-order chi connectivity index (χ1) is 7.64. The Morgan fingerprint density at radius 2 is 1.94 bits per heavy atom. The van der Waals surface area contributed by atoms with Crippen LogP contribution in [-0.2, 0) is 6.18 Å². The van der Waals surface area contributed by atoms with Crippen LogP contribution in [0.25, 0.3) is 0 Å². The second-order valence-corrected chi connectivity index (χ2v) is 3.12. The number of rotatable bonds is 2. The highest BCUT2D eigenvalue weighted by molar-refractivity contribution is 5.46. The molecular formula is C8H5F5N2O2. The van der Waals surface area contributed by atoms with Crippen molar-refractivity contribution < 1.29 is 26.9 Å². The topological polar surface area (TPSA) is 56.0 Å². The quantitative estimate of drug-likeness (QED) is 0.463. The number of alkyl halides is 5. The number of hydrogen-bond donors (Lipinski definition) is 0. The summed E-state index contributed by atoms with van der Waals surface area (Å²) >= 11 is 0. The number of aromatic nitrogens is 1. The van der Waals surface area contributed by atoms with E-state index in [1.54, 1.807) is 0 Å². The minimum atomic E-state index is -5.15. The lowest BCUT2D eigenvalue weighted by Gasteiger charge is -2.10. The van der Waals surface area contributed by atoms with E-state index in [0.717, 1.165) is 6.92 Å². The van der Waals surface area contributed by atoms with E-state index in [-0.39, 0.29) is 0 Å². The summed E-state index contributed by atoms with van der Waals surface area (Å²) in [4.78, 5) is 11.8. The summed E-state index contributed by atoms with van der Waals surface area (Å²) in [5, 5.41) is 10.4. The molecule has 0 aliphatic rings. The summed E-state index contributed by atoms with van der Waals surface area (Å²) in [5.41, 5.74) is -4.85. The number of aryl methyl sites for hydroxylation is 1. The molecule has 4 nitrogen and oxygen atoms in total. The first-order valence-electron chi connectivity index (χ1n) is 4.16. The van der Waals surface area contributed by atoms with Crippen LogP contribution in [0, 0.1) is 17.0 Å². The first-order valence-corrected chi connectivity index (χ1v) is 4.16. The fourth-order valence-electron chi connectivity index (χ4n) is 1.23. The van der Waals surface area contributed by atoms with Crippen molar-refractivity contribution in [3.8, 4) is 0 Å². The maximum Gasteiger partial charge on any atom is 0.440 e. The molecule has 17 heavy (non-hydrogen) atoms. The monoisotopic (exact) mass is 256 g/mol. The number of nitrogens with zero attached hydrogens (tertiary/aromatic N) is 2. The molecule has 9 heteroatoms. The van der Waals surface area contributed by atoms with Crippen LogP contribution in [0.2, 0.25) is 0 Å². The van der Waals surface area contributed by atoms with Gasteiger partial charge in [-0.1, -0.05) is 0 Å². The van der Waals surface area contributed by atoms with E-state index in [2.05, 4.69) is 4.98 Å². The van der Waals surface area contributed by atoms with Gasteiger partial charge in [0.1, 0.15) is 5.69 Å². The van der Waals surface area contributed by atoms with Gasteiger partial charge in [-0.3, -0.25) is 10.1 Å². The Kier molecular flexibility index (Phi) is 3.30. The summed E-state index contributed by atoms with van der Waals surface area (Å²) in [6, 6.07) is 0.568. The molecule has 0 amide bonds. The SMILES string of the molecule is Cc1cc(C(F)F)nc(C(F)(F)F)c1[N+](=O)[O-]. The summed E-state index contributed by atoms with van der Waals surface area (Å²) in [6.07, 6.45) is -8.38. The van der Waals surface area contributed by atoms with Gasteiger partial charge in [0.05, 0.1) is 4.92 Å². The molecule has 1 heterocycles. The minimum Gasteiger partial charge on any atom is -0.258 e. The zero-order chi connectivity index (χ0) is 13.4. The summed E-state index contributed by atoms with van der Waals surface area (Å²) in [6.45, 7) is 0.945. The molecule has 0 fully saturated rings. The van der Waals surface area contributed by atoms with Crippen LogP contribution >= 0.6 is 0 Å². The zero-order valence-corrected chi connectivity index (χ0v) is 8.26. The predicted molar refractivity (Wildman–Crippen MR) is 45.6 cm³/mol. The lowest BCUT2D eigenvalue weighted by molar-refractivity contribution is -0.389. The molecule has 0 aliphatic carbocycles. The molecular weight excluding hydrogens is 251 g/mol. The van der Waals surface area contributed by atoms with Gasteiger partial charge in [-0.15, -0.1) is 0 Å². The Labute approximate surface area is 91.2 Å². The first kappa shape index (κ1) is 13.3. The molecule has 1 rings (SSSR count). The molecule has 94 valence electrons. The minimum absolute atomic E-state index is 0.507. The van der Waals surface area contributed by atoms with E-state index in [1.165, 1.54) is 0 Å². The van der Waals surface area contributed by atoms with Crippen molar-refractivity contribution in [1.29, 1.82) is 0 Å². The highest BCUT2D eigenvalue weighted by atomic mass is 19.4. The van der Waals surface area contributed by atoms with Crippen LogP contribution in [0.3, 0.4) is 0 Å². The molecule has 0 aliphatic heterocycles. The van der Waals surface area contributed by atoms with Gasteiger partial charge in [0, 0.05) is 5.56 Å². The molecule has 0 radical (unpaired) electrons. The third-order valence-electron chi connectivity index (χ3n) is 1.88. The summed E-state index contributed by atoms with van der Waals surface area (Å²) in [7, 11) is 0. The van der Waals surface area contributed by atoms with Crippen LogP contribution in [0.1, 0.15) is 23.4 Å². The average molecular weight is 256 g/mol. The van der Waals surface area contributed by atoms with E-state index >= 15 is 0 Å². The van der Waals surface area contributed by atoms with Gasteiger partial charge in [0.15, 0.2) is 0 Å². The molecule has 0 saturated carbocycles. The largest absolute Gasteiger partial charge is 0.440 e. The number of nitro groups is 1. The second kappa shape index (κ2) is 4.22. The van der Waals surface area contributed by atoms with Crippen LogP contribution in [0.4, 0.5) is 27.6 Å². The molecule has 0 aromatic carbocycles. The molecule has 1 aromatic heterocycles. The maximum absolute atomic E-state index is 12.4. The molecule has 0 N–H and O–H groups in total. The van der Waals surface area contributed by atoms with E-state index in [4.69, 9.17) is 0 Å². The Bertz CT molecular complexity index is 458. The molecule has 0 saturated heterocycles. The van der Waals surface area contributed by atoms with Gasteiger partial charge in [-0.25, -0.2) is 13.8 Å². The lowest BCUT2D eigenvalue weighted by Crippen LogP contribution is -2.14. The van der Waals surface area contributed by atoms with Gasteiger partial charge in [-0.2, -0.15) is 13.2 Å². The van der Waals surface area contributed by atoms with Crippen LogP contribution < -0.4 is 0 Å². The van der Waals surface area contributed by atoms with E-state index in [1.807, 2.05) is 0 Å². The van der Waals surface area contributed by atoms with Gasteiger partial charge >= 0.3 is 11.9 Å². The Balaban J connectivity index is 3.57. The fraction of sp³-hybridized carbons (Fsp3) is 0.375. The summed E-state index contributed by atoms with van der Waals surface area (Å²) < 4.78 is 61.8. The van der Waals surface area contributed by atoms with E-state index < -0.39 is 40.2 Å². The van der Waals surface area contributed by atoms with Gasteiger partial charge in [-0.05, 0) is 13.0 Å². The van der Waals surface area contributed by atoms with Crippen molar-refractivity contribution in [3.05, 3.63) is 33.1 Å². The van der Waals surface area contributed by atoms with E-state index in [0.29, 0.717) is 6.07 Å². The van der Waals surface area contributed by atoms with Crippen molar-refractivity contribution in [2.75, 3.05) is 0 Å². The van der Waals surface area contributed by atoms with E-state index in [9.17, 15) is 32.1 Å². The number of hydrogen-bond acceptors (Lipinski definition) is 3.